The zero-order chi connectivity index (χ0) is 18.5. The van der Waals surface area contributed by atoms with Crippen LogP contribution in [-0.4, -0.2) is 48.1 Å². The smallest absolute Gasteiger partial charge is 0.268 e. The fourth-order valence-corrected chi connectivity index (χ4v) is 3.03. The van der Waals surface area contributed by atoms with E-state index in [1.165, 1.54) is 0 Å². The normalized spacial score (nSPS) is 17.5. The summed E-state index contributed by atoms with van der Waals surface area (Å²) >= 11 is 0. The molecule has 1 aliphatic heterocycles. The van der Waals surface area contributed by atoms with Crippen LogP contribution < -0.4 is 16.0 Å². The number of hydrogen-bond donors (Lipinski definition) is 4. The van der Waals surface area contributed by atoms with Crippen LogP contribution in [0, 0.1) is 5.92 Å². The fraction of sp³-hybridized carbons (Fsp3) is 0.333. The highest BCUT2D eigenvalue weighted by Crippen LogP contribution is 2.16. The number of carbonyl (C=O) groups excluding carboxylic acids is 4. The van der Waals surface area contributed by atoms with Crippen molar-refractivity contribution in [1.29, 1.82) is 0 Å². The van der Waals surface area contributed by atoms with Crippen molar-refractivity contribution in [1.82, 2.24) is 20.9 Å². The van der Waals surface area contributed by atoms with Crippen molar-refractivity contribution in [2.45, 2.75) is 18.9 Å². The largest absolute Gasteiger partial charge is 0.356 e. The van der Waals surface area contributed by atoms with Crippen molar-refractivity contribution < 1.29 is 19.2 Å². The molecule has 3 rings (SSSR count). The quantitative estimate of drug-likeness (QED) is 0.526. The van der Waals surface area contributed by atoms with Crippen LogP contribution in [0.15, 0.2) is 30.3 Å². The number of hydrogen-bond acceptors (Lipinski definition) is 4. The molecule has 136 valence electrons. The summed E-state index contributed by atoms with van der Waals surface area (Å²) in [6, 6.07) is 8.42. The highest BCUT2D eigenvalue weighted by Gasteiger charge is 2.27. The first-order chi connectivity index (χ1) is 12.6. The van der Waals surface area contributed by atoms with E-state index < -0.39 is 17.9 Å². The van der Waals surface area contributed by atoms with E-state index in [-0.39, 0.29) is 24.8 Å². The lowest BCUT2D eigenvalue weighted by Crippen LogP contribution is -2.44. The summed E-state index contributed by atoms with van der Waals surface area (Å²) < 4.78 is 0. The van der Waals surface area contributed by atoms with Gasteiger partial charge in [-0.15, -0.1) is 0 Å². The van der Waals surface area contributed by atoms with Crippen LogP contribution in [0.3, 0.4) is 0 Å². The molecule has 0 radical (unpaired) electrons. The van der Waals surface area contributed by atoms with Gasteiger partial charge in [-0.25, -0.2) is 0 Å². The number of amides is 3. The Morgan fingerprint density at radius 2 is 2.12 bits per heavy atom. The van der Waals surface area contributed by atoms with Crippen LogP contribution in [0.25, 0.3) is 10.9 Å². The number of nitrogens with one attached hydrogen (secondary N) is 4. The van der Waals surface area contributed by atoms with Crippen LogP contribution in [0.2, 0.25) is 0 Å². The lowest BCUT2D eigenvalue weighted by molar-refractivity contribution is -0.125. The van der Waals surface area contributed by atoms with Gasteiger partial charge >= 0.3 is 0 Å². The lowest BCUT2D eigenvalue weighted by Gasteiger charge is -2.15. The zero-order valence-corrected chi connectivity index (χ0v) is 14.1. The SMILES string of the molecule is O=CC(CC1CCNC1=O)NC(=O)CNC(=O)c1cc2ccccc2[nH]1. The van der Waals surface area contributed by atoms with Crippen molar-refractivity contribution in [3.63, 3.8) is 0 Å². The molecule has 2 atom stereocenters. The van der Waals surface area contributed by atoms with Gasteiger partial charge < -0.3 is 25.7 Å². The molecular weight excluding hydrogens is 336 g/mol. The second kappa shape index (κ2) is 7.81. The lowest BCUT2D eigenvalue weighted by atomic mass is 9.99. The predicted octanol–water partition coefficient (Wildman–Crippen LogP) is 0.108. The third-order valence-corrected chi connectivity index (χ3v) is 4.40. The highest BCUT2D eigenvalue weighted by atomic mass is 16.2. The standard InChI is InChI=1S/C18H20N4O4/c23-10-13(7-12-5-6-19-17(12)25)21-16(24)9-20-18(26)15-8-11-3-1-2-4-14(11)22-15/h1-4,8,10,12-13,22H,5-7,9H2,(H,19,25)(H,20,26)(H,21,24). The molecule has 2 unspecified atom stereocenters. The van der Waals surface area contributed by atoms with Crippen LogP contribution in [0.5, 0.6) is 0 Å². The molecule has 1 aromatic heterocycles. The summed E-state index contributed by atoms with van der Waals surface area (Å²) in [6.45, 7) is 0.332. The van der Waals surface area contributed by atoms with Crippen molar-refractivity contribution in [2.75, 3.05) is 13.1 Å². The molecule has 2 heterocycles. The maximum absolute atomic E-state index is 12.2. The number of aldehydes is 1. The number of H-pyrrole nitrogens is 1. The van der Waals surface area contributed by atoms with Gasteiger partial charge in [0.05, 0.1) is 12.6 Å². The molecule has 0 saturated carbocycles. The average Bonchev–Trinajstić information content (AvgIpc) is 3.25. The van der Waals surface area contributed by atoms with E-state index in [1.807, 2.05) is 24.3 Å². The first-order valence-corrected chi connectivity index (χ1v) is 8.45. The third kappa shape index (κ3) is 4.08. The number of fused-ring (bicyclic) bond motifs is 1. The number of benzene rings is 1. The second-order valence-corrected chi connectivity index (χ2v) is 6.28. The van der Waals surface area contributed by atoms with Crippen molar-refractivity contribution >= 4 is 34.9 Å². The van der Waals surface area contributed by atoms with E-state index in [2.05, 4.69) is 20.9 Å². The maximum atomic E-state index is 12.2. The molecule has 4 N–H and O–H groups in total. The third-order valence-electron chi connectivity index (χ3n) is 4.40. The molecule has 1 fully saturated rings. The first kappa shape index (κ1) is 17.7. The number of rotatable bonds is 7. The van der Waals surface area contributed by atoms with Gasteiger partial charge in [-0.3, -0.25) is 14.4 Å². The van der Waals surface area contributed by atoms with Gasteiger partial charge in [-0.1, -0.05) is 18.2 Å². The second-order valence-electron chi connectivity index (χ2n) is 6.28. The Labute approximate surface area is 149 Å². The Hall–Kier alpha value is -3.16. The van der Waals surface area contributed by atoms with E-state index >= 15 is 0 Å². The Morgan fingerprint density at radius 1 is 1.31 bits per heavy atom. The molecule has 26 heavy (non-hydrogen) atoms. The van der Waals surface area contributed by atoms with E-state index in [0.717, 1.165) is 10.9 Å². The summed E-state index contributed by atoms with van der Waals surface area (Å²) in [5.74, 6) is -1.26. The molecule has 1 aliphatic rings. The Morgan fingerprint density at radius 3 is 2.81 bits per heavy atom. The maximum Gasteiger partial charge on any atom is 0.268 e. The Bertz CT molecular complexity index is 812. The number of aromatic nitrogens is 1. The number of aromatic amines is 1. The van der Waals surface area contributed by atoms with Crippen molar-refractivity contribution in [3.05, 3.63) is 36.0 Å². The average molecular weight is 356 g/mol. The number of para-hydroxylation sites is 1. The van der Waals surface area contributed by atoms with E-state index in [1.54, 1.807) is 6.07 Å². The molecule has 0 bridgehead atoms. The fourth-order valence-electron chi connectivity index (χ4n) is 3.03. The van der Waals surface area contributed by atoms with Gasteiger partial charge in [-0.2, -0.15) is 0 Å². The van der Waals surface area contributed by atoms with Gasteiger partial charge in [0.1, 0.15) is 12.0 Å². The van der Waals surface area contributed by atoms with Gasteiger partial charge in [0.15, 0.2) is 0 Å². The van der Waals surface area contributed by atoms with Gasteiger partial charge in [0, 0.05) is 23.4 Å². The molecular formula is C18H20N4O4. The van der Waals surface area contributed by atoms with Crippen LogP contribution in [0.4, 0.5) is 0 Å². The molecule has 0 spiro atoms. The molecule has 2 aromatic rings. The summed E-state index contributed by atoms with van der Waals surface area (Å²) in [7, 11) is 0. The highest BCUT2D eigenvalue weighted by molar-refractivity contribution is 5.99. The van der Waals surface area contributed by atoms with Gasteiger partial charge in [0.25, 0.3) is 5.91 Å². The molecule has 1 aromatic carbocycles. The minimum atomic E-state index is -0.749. The van der Waals surface area contributed by atoms with E-state index in [9.17, 15) is 19.2 Å². The van der Waals surface area contributed by atoms with Crippen LogP contribution in [-0.2, 0) is 14.4 Å². The van der Waals surface area contributed by atoms with Crippen molar-refractivity contribution in [2.24, 2.45) is 5.92 Å². The summed E-state index contributed by atoms with van der Waals surface area (Å²) in [4.78, 5) is 49.8. The molecule has 0 aliphatic carbocycles. The monoisotopic (exact) mass is 356 g/mol. The van der Waals surface area contributed by atoms with Crippen LogP contribution in [0.1, 0.15) is 23.3 Å². The van der Waals surface area contributed by atoms with E-state index in [0.29, 0.717) is 24.9 Å². The first-order valence-electron chi connectivity index (χ1n) is 8.45. The number of carbonyl (C=O) groups is 4. The molecule has 3 amide bonds. The minimum Gasteiger partial charge on any atom is -0.356 e. The van der Waals surface area contributed by atoms with Crippen LogP contribution >= 0.6 is 0 Å². The topological polar surface area (TPSA) is 120 Å². The molecule has 8 heteroatoms. The minimum absolute atomic E-state index is 0.0989. The Balaban J connectivity index is 1.50. The zero-order valence-electron chi connectivity index (χ0n) is 14.1. The van der Waals surface area contributed by atoms with Gasteiger partial charge in [-0.05, 0) is 25.0 Å². The summed E-state index contributed by atoms with van der Waals surface area (Å²) in [5.41, 5.74) is 1.19. The summed E-state index contributed by atoms with van der Waals surface area (Å²) in [6.07, 6.45) is 1.52. The summed E-state index contributed by atoms with van der Waals surface area (Å²) in [5, 5.41) is 8.64. The molecule has 1 saturated heterocycles. The Kier molecular flexibility index (Phi) is 5.31. The predicted molar refractivity (Wildman–Crippen MR) is 94.4 cm³/mol. The molecule has 8 nitrogen and oxygen atoms in total. The van der Waals surface area contributed by atoms with Crippen molar-refractivity contribution in [3.8, 4) is 0 Å². The van der Waals surface area contributed by atoms with E-state index in [4.69, 9.17) is 0 Å². The van der Waals surface area contributed by atoms with Gasteiger partial charge in [0.2, 0.25) is 11.8 Å².